The summed E-state index contributed by atoms with van der Waals surface area (Å²) in [4.78, 5) is 0. The maximum Gasteiger partial charge on any atom is 0.123 e. The molecule has 0 aromatic heterocycles. The van der Waals surface area contributed by atoms with E-state index in [-0.39, 0.29) is 5.82 Å². The minimum atomic E-state index is -0.884. The zero-order chi connectivity index (χ0) is 13.3. The van der Waals surface area contributed by atoms with E-state index in [2.05, 4.69) is 15.9 Å². The molecule has 0 bridgehead atoms. The van der Waals surface area contributed by atoms with Gasteiger partial charge in [0.05, 0.1) is 5.02 Å². The van der Waals surface area contributed by atoms with Crippen LogP contribution in [0.25, 0.3) is 0 Å². The van der Waals surface area contributed by atoms with Gasteiger partial charge >= 0.3 is 0 Å². The van der Waals surface area contributed by atoms with Gasteiger partial charge in [0.1, 0.15) is 11.9 Å². The van der Waals surface area contributed by atoms with Gasteiger partial charge < -0.3 is 5.11 Å². The van der Waals surface area contributed by atoms with Gasteiger partial charge in [-0.2, -0.15) is 0 Å². The molecule has 4 heteroatoms. The van der Waals surface area contributed by atoms with E-state index in [4.69, 9.17) is 11.6 Å². The van der Waals surface area contributed by atoms with Crippen molar-refractivity contribution in [3.8, 4) is 0 Å². The highest BCUT2D eigenvalue weighted by molar-refractivity contribution is 9.10. The van der Waals surface area contributed by atoms with E-state index in [1.54, 1.807) is 31.2 Å². The second kappa shape index (κ2) is 5.39. The van der Waals surface area contributed by atoms with E-state index < -0.39 is 6.10 Å². The van der Waals surface area contributed by atoms with Crippen molar-refractivity contribution in [2.75, 3.05) is 0 Å². The Morgan fingerprint density at radius 3 is 2.50 bits per heavy atom. The van der Waals surface area contributed by atoms with E-state index >= 15 is 0 Å². The average Bonchev–Trinajstić information content (AvgIpc) is 2.30. The summed E-state index contributed by atoms with van der Waals surface area (Å²) in [5.74, 6) is -0.354. The van der Waals surface area contributed by atoms with Crippen molar-refractivity contribution in [3.63, 3.8) is 0 Å². The Balaban J connectivity index is 2.40. The normalized spacial score (nSPS) is 12.5. The van der Waals surface area contributed by atoms with Crippen LogP contribution in [0.3, 0.4) is 0 Å². The number of aryl methyl sites for hydroxylation is 1. The van der Waals surface area contributed by atoms with Crippen molar-refractivity contribution < 1.29 is 9.50 Å². The van der Waals surface area contributed by atoms with Gasteiger partial charge in [0, 0.05) is 4.47 Å². The van der Waals surface area contributed by atoms with Crippen LogP contribution < -0.4 is 0 Å². The Labute approximate surface area is 118 Å². The summed E-state index contributed by atoms with van der Waals surface area (Å²) in [7, 11) is 0. The highest BCUT2D eigenvalue weighted by Gasteiger charge is 2.13. The fourth-order valence-electron chi connectivity index (χ4n) is 1.80. The molecule has 18 heavy (non-hydrogen) atoms. The van der Waals surface area contributed by atoms with Crippen molar-refractivity contribution in [1.82, 2.24) is 0 Å². The number of benzene rings is 2. The number of hydrogen-bond donors (Lipinski definition) is 1. The van der Waals surface area contributed by atoms with E-state index in [1.165, 1.54) is 12.1 Å². The minimum absolute atomic E-state index is 0.354. The predicted octanol–water partition coefficient (Wildman–Crippen LogP) is 4.63. The molecule has 1 atom stereocenters. The first kappa shape index (κ1) is 13.5. The lowest BCUT2D eigenvalue weighted by Crippen LogP contribution is -2.01. The molecule has 2 aromatic rings. The number of halogens is 3. The van der Waals surface area contributed by atoms with Crippen molar-refractivity contribution in [2.24, 2.45) is 0 Å². The van der Waals surface area contributed by atoms with Crippen molar-refractivity contribution in [3.05, 3.63) is 68.4 Å². The lowest BCUT2D eigenvalue weighted by molar-refractivity contribution is 0.219. The van der Waals surface area contributed by atoms with E-state index in [0.717, 1.165) is 10.0 Å². The predicted molar refractivity (Wildman–Crippen MR) is 74.4 cm³/mol. The molecule has 0 spiro atoms. The third-order valence-corrected chi connectivity index (χ3v) is 3.87. The average molecular weight is 330 g/mol. The second-order valence-corrected chi connectivity index (χ2v) is 5.40. The van der Waals surface area contributed by atoms with Gasteiger partial charge in [-0.1, -0.05) is 23.7 Å². The third kappa shape index (κ3) is 2.91. The Bertz CT molecular complexity index is 566. The molecule has 2 rings (SSSR count). The van der Waals surface area contributed by atoms with Gasteiger partial charge in [-0.3, -0.25) is 0 Å². The summed E-state index contributed by atoms with van der Waals surface area (Å²) in [6.07, 6.45) is -0.884. The molecule has 1 N–H and O–H groups in total. The van der Waals surface area contributed by atoms with Crippen LogP contribution in [-0.4, -0.2) is 5.11 Å². The smallest absolute Gasteiger partial charge is 0.123 e. The number of hydrogen-bond acceptors (Lipinski definition) is 1. The number of rotatable bonds is 2. The SMILES string of the molecule is Cc1cc(F)cc(C(O)c2ccc(Br)c(Cl)c2)c1. The molecule has 0 saturated carbocycles. The van der Waals surface area contributed by atoms with Gasteiger partial charge in [0.25, 0.3) is 0 Å². The zero-order valence-corrected chi connectivity index (χ0v) is 12.0. The summed E-state index contributed by atoms with van der Waals surface area (Å²) in [5.41, 5.74) is 1.92. The summed E-state index contributed by atoms with van der Waals surface area (Å²) >= 11 is 9.26. The largest absolute Gasteiger partial charge is 0.384 e. The molecule has 0 fully saturated rings. The van der Waals surface area contributed by atoms with E-state index in [1.807, 2.05) is 0 Å². The summed E-state index contributed by atoms with van der Waals surface area (Å²) in [5, 5.41) is 10.7. The first-order valence-electron chi connectivity index (χ1n) is 5.37. The first-order valence-corrected chi connectivity index (χ1v) is 6.54. The maximum absolute atomic E-state index is 13.3. The van der Waals surface area contributed by atoms with Crippen LogP contribution >= 0.6 is 27.5 Å². The standard InChI is InChI=1S/C14H11BrClFO/c1-8-4-10(6-11(17)5-8)14(18)9-2-3-12(15)13(16)7-9/h2-7,14,18H,1H3. The molecule has 0 aliphatic rings. The van der Waals surface area contributed by atoms with Gasteiger partial charge in [-0.05, 0) is 63.8 Å². The van der Waals surface area contributed by atoms with Crippen molar-refractivity contribution >= 4 is 27.5 Å². The molecule has 0 saturated heterocycles. The monoisotopic (exact) mass is 328 g/mol. The van der Waals surface area contributed by atoms with Crippen LogP contribution in [0.15, 0.2) is 40.9 Å². The summed E-state index contributed by atoms with van der Waals surface area (Å²) < 4.78 is 14.1. The van der Waals surface area contributed by atoms with Crippen LogP contribution in [0.1, 0.15) is 22.8 Å². The molecule has 0 aliphatic heterocycles. The van der Waals surface area contributed by atoms with E-state index in [0.29, 0.717) is 16.1 Å². The Kier molecular flexibility index (Phi) is 4.05. The molecule has 0 heterocycles. The maximum atomic E-state index is 13.3. The summed E-state index contributed by atoms with van der Waals surface area (Å²) in [6, 6.07) is 9.67. The number of aliphatic hydroxyl groups is 1. The highest BCUT2D eigenvalue weighted by Crippen LogP contribution is 2.29. The van der Waals surface area contributed by atoms with E-state index in [9.17, 15) is 9.50 Å². The Morgan fingerprint density at radius 1 is 1.17 bits per heavy atom. The Morgan fingerprint density at radius 2 is 1.89 bits per heavy atom. The molecular formula is C14H11BrClFO. The lowest BCUT2D eigenvalue weighted by Gasteiger charge is -2.13. The molecule has 1 nitrogen and oxygen atoms in total. The van der Waals surface area contributed by atoms with Crippen molar-refractivity contribution in [2.45, 2.75) is 13.0 Å². The molecule has 1 unspecified atom stereocenters. The van der Waals surface area contributed by atoms with Gasteiger partial charge in [-0.25, -0.2) is 4.39 Å². The molecular weight excluding hydrogens is 319 g/mol. The van der Waals surface area contributed by atoms with Gasteiger partial charge in [-0.15, -0.1) is 0 Å². The van der Waals surface area contributed by atoms with Crippen molar-refractivity contribution in [1.29, 1.82) is 0 Å². The van der Waals surface area contributed by atoms with Crippen LogP contribution in [0.2, 0.25) is 5.02 Å². The third-order valence-electron chi connectivity index (χ3n) is 2.64. The minimum Gasteiger partial charge on any atom is -0.384 e. The van der Waals surface area contributed by atoms with Gasteiger partial charge in [0.15, 0.2) is 0 Å². The molecule has 2 aromatic carbocycles. The quantitative estimate of drug-likeness (QED) is 0.851. The number of aliphatic hydroxyl groups excluding tert-OH is 1. The molecule has 0 radical (unpaired) electrons. The topological polar surface area (TPSA) is 20.2 Å². The lowest BCUT2D eigenvalue weighted by atomic mass is 10.00. The second-order valence-electron chi connectivity index (χ2n) is 4.14. The first-order chi connectivity index (χ1) is 8.47. The van der Waals surface area contributed by atoms with Crippen LogP contribution in [0, 0.1) is 12.7 Å². The fraction of sp³-hybridized carbons (Fsp3) is 0.143. The summed E-state index contributed by atoms with van der Waals surface area (Å²) in [6.45, 7) is 1.79. The van der Waals surface area contributed by atoms with Gasteiger partial charge in [0.2, 0.25) is 0 Å². The highest BCUT2D eigenvalue weighted by atomic mass is 79.9. The Hall–Kier alpha value is -0.900. The van der Waals surface area contributed by atoms with Crippen LogP contribution in [-0.2, 0) is 0 Å². The fourth-order valence-corrected chi connectivity index (χ4v) is 2.23. The van der Waals surface area contributed by atoms with Crippen LogP contribution in [0.4, 0.5) is 4.39 Å². The van der Waals surface area contributed by atoms with Crippen LogP contribution in [0.5, 0.6) is 0 Å². The molecule has 94 valence electrons. The molecule has 0 amide bonds. The zero-order valence-electron chi connectivity index (χ0n) is 9.62. The molecule has 0 aliphatic carbocycles.